The third kappa shape index (κ3) is 1.94. The van der Waals surface area contributed by atoms with Crippen LogP contribution in [-0.2, 0) is 0 Å². The number of rotatable bonds is 1. The highest BCUT2D eigenvalue weighted by molar-refractivity contribution is 5.71. The van der Waals surface area contributed by atoms with Gasteiger partial charge in [0.2, 0.25) is 0 Å². The SMILES string of the molecule is Cc1cc(C)c(-c2cc[c]cc2)c(C)c1. The van der Waals surface area contributed by atoms with Crippen molar-refractivity contribution in [1.82, 2.24) is 0 Å². The summed E-state index contributed by atoms with van der Waals surface area (Å²) >= 11 is 0. The Bertz CT molecular complexity index is 444. The fourth-order valence-corrected chi connectivity index (χ4v) is 2.19. The fraction of sp³-hybridized carbons (Fsp3) is 0.200. The molecule has 75 valence electrons. The Kier molecular flexibility index (Phi) is 2.59. The monoisotopic (exact) mass is 195 g/mol. The molecule has 0 bridgehead atoms. The third-order valence-electron chi connectivity index (χ3n) is 2.68. The van der Waals surface area contributed by atoms with Crippen molar-refractivity contribution in [1.29, 1.82) is 0 Å². The highest BCUT2D eigenvalue weighted by atomic mass is 14.1. The maximum atomic E-state index is 3.05. The Labute approximate surface area is 91.6 Å². The molecular weight excluding hydrogens is 180 g/mol. The highest BCUT2D eigenvalue weighted by Crippen LogP contribution is 2.27. The van der Waals surface area contributed by atoms with Crippen LogP contribution in [0.2, 0.25) is 0 Å². The van der Waals surface area contributed by atoms with Gasteiger partial charge in [0, 0.05) is 0 Å². The summed E-state index contributed by atoms with van der Waals surface area (Å²) in [5.41, 5.74) is 6.66. The molecule has 0 spiro atoms. The Hall–Kier alpha value is -1.56. The zero-order valence-corrected chi connectivity index (χ0v) is 9.46. The molecule has 1 radical (unpaired) electrons. The molecule has 0 aromatic heterocycles. The zero-order valence-electron chi connectivity index (χ0n) is 9.46. The van der Waals surface area contributed by atoms with Crippen molar-refractivity contribution < 1.29 is 0 Å². The summed E-state index contributed by atoms with van der Waals surface area (Å²) in [6, 6.07) is 15.7. The zero-order chi connectivity index (χ0) is 10.8. The van der Waals surface area contributed by atoms with E-state index in [1.54, 1.807) is 0 Å². The van der Waals surface area contributed by atoms with Crippen molar-refractivity contribution in [2.24, 2.45) is 0 Å². The van der Waals surface area contributed by atoms with Crippen LogP contribution in [0.1, 0.15) is 16.7 Å². The third-order valence-corrected chi connectivity index (χ3v) is 2.68. The lowest BCUT2D eigenvalue weighted by molar-refractivity contribution is 1.32. The normalized spacial score (nSPS) is 10.3. The van der Waals surface area contributed by atoms with Gasteiger partial charge in [0.1, 0.15) is 0 Å². The molecular formula is C15H15. The van der Waals surface area contributed by atoms with E-state index in [0.717, 1.165) is 0 Å². The first-order chi connectivity index (χ1) is 7.18. The molecule has 0 amide bonds. The minimum atomic E-state index is 1.28. The first kappa shape index (κ1) is 9.97. The minimum absolute atomic E-state index is 1.28. The summed E-state index contributed by atoms with van der Waals surface area (Å²) in [6.45, 7) is 6.49. The first-order valence-electron chi connectivity index (χ1n) is 5.23. The molecule has 0 aliphatic heterocycles. The summed E-state index contributed by atoms with van der Waals surface area (Å²) in [7, 11) is 0. The topological polar surface area (TPSA) is 0 Å². The van der Waals surface area contributed by atoms with Gasteiger partial charge in [-0.25, -0.2) is 0 Å². The minimum Gasteiger partial charge on any atom is -0.0557 e. The molecule has 2 rings (SSSR count). The van der Waals surface area contributed by atoms with Crippen molar-refractivity contribution in [2.75, 3.05) is 0 Å². The van der Waals surface area contributed by atoms with E-state index in [0.29, 0.717) is 0 Å². The van der Waals surface area contributed by atoms with Gasteiger partial charge < -0.3 is 0 Å². The van der Waals surface area contributed by atoms with Crippen molar-refractivity contribution in [3.8, 4) is 11.1 Å². The molecule has 0 heteroatoms. The van der Waals surface area contributed by atoms with E-state index in [9.17, 15) is 0 Å². The molecule has 0 atom stereocenters. The molecule has 0 saturated heterocycles. The largest absolute Gasteiger partial charge is 0.0557 e. The van der Waals surface area contributed by atoms with E-state index in [-0.39, 0.29) is 0 Å². The molecule has 0 aliphatic carbocycles. The Morgan fingerprint density at radius 3 is 1.93 bits per heavy atom. The maximum absolute atomic E-state index is 3.05. The van der Waals surface area contributed by atoms with Crippen LogP contribution < -0.4 is 0 Å². The van der Waals surface area contributed by atoms with Crippen LogP contribution in [-0.4, -0.2) is 0 Å². The van der Waals surface area contributed by atoms with E-state index in [1.165, 1.54) is 27.8 Å². The van der Waals surface area contributed by atoms with Crippen molar-refractivity contribution in [3.63, 3.8) is 0 Å². The fourth-order valence-electron chi connectivity index (χ4n) is 2.19. The van der Waals surface area contributed by atoms with E-state index in [4.69, 9.17) is 0 Å². The lowest BCUT2D eigenvalue weighted by atomic mass is 9.94. The quantitative estimate of drug-likeness (QED) is 0.643. The van der Waals surface area contributed by atoms with Gasteiger partial charge in [0.15, 0.2) is 0 Å². The second-order valence-electron chi connectivity index (χ2n) is 4.06. The predicted molar refractivity (Wildman–Crippen MR) is 64.9 cm³/mol. The van der Waals surface area contributed by atoms with Crippen LogP contribution in [0.15, 0.2) is 36.4 Å². The Morgan fingerprint density at radius 2 is 1.40 bits per heavy atom. The number of benzene rings is 2. The number of hydrogen-bond donors (Lipinski definition) is 0. The molecule has 0 unspecified atom stereocenters. The average Bonchev–Trinajstić information content (AvgIpc) is 2.17. The summed E-state index contributed by atoms with van der Waals surface area (Å²) < 4.78 is 0. The average molecular weight is 195 g/mol. The lowest BCUT2D eigenvalue weighted by Crippen LogP contribution is -1.89. The molecule has 0 fully saturated rings. The van der Waals surface area contributed by atoms with E-state index >= 15 is 0 Å². The summed E-state index contributed by atoms with van der Waals surface area (Å²) in [5, 5.41) is 0. The second kappa shape index (κ2) is 3.90. The number of hydrogen-bond acceptors (Lipinski definition) is 0. The molecule has 0 N–H and O–H groups in total. The van der Waals surface area contributed by atoms with Crippen LogP contribution in [0.25, 0.3) is 11.1 Å². The summed E-state index contributed by atoms with van der Waals surface area (Å²) in [4.78, 5) is 0. The van der Waals surface area contributed by atoms with Crippen LogP contribution in [0.4, 0.5) is 0 Å². The van der Waals surface area contributed by atoms with Gasteiger partial charge in [0.25, 0.3) is 0 Å². The van der Waals surface area contributed by atoms with Gasteiger partial charge in [-0.3, -0.25) is 0 Å². The molecule has 0 saturated carbocycles. The molecule has 2 aromatic rings. The standard InChI is InChI=1S/C15H15/c1-11-9-12(2)15(13(3)10-11)14-7-5-4-6-8-14/h5-10H,1-3H3. The molecule has 2 aromatic carbocycles. The lowest BCUT2D eigenvalue weighted by Gasteiger charge is -2.11. The Balaban J connectivity index is 2.64. The maximum Gasteiger partial charge on any atom is -0.0125 e. The summed E-state index contributed by atoms with van der Waals surface area (Å²) in [6.07, 6.45) is 0. The van der Waals surface area contributed by atoms with Gasteiger partial charge in [0.05, 0.1) is 0 Å². The van der Waals surface area contributed by atoms with Crippen LogP contribution in [0.3, 0.4) is 0 Å². The molecule has 0 heterocycles. The van der Waals surface area contributed by atoms with E-state index < -0.39 is 0 Å². The summed E-state index contributed by atoms with van der Waals surface area (Å²) in [5.74, 6) is 0. The highest BCUT2D eigenvalue weighted by Gasteiger charge is 2.05. The van der Waals surface area contributed by atoms with Crippen molar-refractivity contribution in [2.45, 2.75) is 20.8 Å². The van der Waals surface area contributed by atoms with Gasteiger partial charge in [-0.1, -0.05) is 42.0 Å². The van der Waals surface area contributed by atoms with Gasteiger partial charge in [-0.15, -0.1) is 0 Å². The van der Waals surface area contributed by atoms with Crippen molar-refractivity contribution >= 4 is 0 Å². The van der Waals surface area contributed by atoms with Crippen LogP contribution >= 0.6 is 0 Å². The van der Waals surface area contributed by atoms with Gasteiger partial charge in [-0.05, 0) is 49.1 Å². The van der Waals surface area contributed by atoms with E-state index in [1.807, 2.05) is 12.1 Å². The second-order valence-corrected chi connectivity index (χ2v) is 4.06. The smallest absolute Gasteiger partial charge is 0.0125 e. The number of aryl methyl sites for hydroxylation is 3. The van der Waals surface area contributed by atoms with Crippen LogP contribution in [0, 0.1) is 26.8 Å². The predicted octanol–water partition coefficient (Wildman–Crippen LogP) is 4.08. The molecule has 0 aliphatic rings. The van der Waals surface area contributed by atoms with E-state index in [2.05, 4.69) is 51.1 Å². The molecule has 15 heavy (non-hydrogen) atoms. The Morgan fingerprint density at radius 1 is 0.867 bits per heavy atom. The van der Waals surface area contributed by atoms with Crippen molar-refractivity contribution in [3.05, 3.63) is 59.2 Å². The van der Waals surface area contributed by atoms with Crippen LogP contribution in [0.5, 0.6) is 0 Å². The van der Waals surface area contributed by atoms with Gasteiger partial charge in [-0.2, -0.15) is 0 Å². The molecule has 0 nitrogen and oxygen atoms in total. The first-order valence-corrected chi connectivity index (χ1v) is 5.23. The van der Waals surface area contributed by atoms with Gasteiger partial charge >= 0.3 is 0 Å².